The predicted octanol–water partition coefficient (Wildman–Crippen LogP) is 2.65. The molecule has 0 radical (unpaired) electrons. The second-order valence-electron chi connectivity index (χ2n) is 5.71. The molecule has 0 amide bonds. The van der Waals surface area contributed by atoms with E-state index >= 15 is 0 Å². The predicted molar refractivity (Wildman–Crippen MR) is 77.5 cm³/mol. The first-order valence-electron chi connectivity index (χ1n) is 7.36. The van der Waals surface area contributed by atoms with Crippen molar-refractivity contribution < 1.29 is 14.2 Å². The highest BCUT2D eigenvalue weighted by Gasteiger charge is 2.45. The summed E-state index contributed by atoms with van der Waals surface area (Å²) in [6, 6.07) is 4.52. The van der Waals surface area contributed by atoms with Crippen molar-refractivity contribution in [2.45, 2.75) is 38.6 Å². The van der Waals surface area contributed by atoms with Crippen molar-refractivity contribution in [2.75, 3.05) is 19.8 Å². The number of nitrogens with one attached hydrogen (secondary N) is 1. The Morgan fingerprint density at radius 3 is 2.75 bits per heavy atom. The van der Waals surface area contributed by atoms with Gasteiger partial charge in [0.15, 0.2) is 0 Å². The van der Waals surface area contributed by atoms with Crippen molar-refractivity contribution in [3.05, 3.63) is 29.6 Å². The van der Waals surface area contributed by atoms with Crippen LogP contribution in [0.25, 0.3) is 0 Å². The minimum Gasteiger partial charge on any atom is -0.491 e. The van der Waals surface area contributed by atoms with Gasteiger partial charge >= 0.3 is 0 Å². The van der Waals surface area contributed by atoms with Gasteiger partial charge in [0, 0.05) is 0 Å². The Morgan fingerprint density at radius 2 is 2.20 bits per heavy atom. The number of halogens is 1. The molecule has 1 aromatic rings. The first-order valence-corrected chi connectivity index (χ1v) is 7.36. The van der Waals surface area contributed by atoms with Gasteiger partial charge in [0.05, 0.1) is 12.1 Å². The minimum absolute atomic E-state index is 0.0674. The Kier molecular flexibility index (Phi) is 5.00. The second-order valence-corrected chi connectivity index (χ2v) is 5.71. The molecule has 4 heteroatoms. The van der Waals surface area contributed by atoms with Crippen LogP contribution in [0.3, 0.4) is 0 Å². The zero-order chi connectivity index (χ0) is 14.6. The summed E-state index contributed by atoms with van der Waals surface area (Å²) in [5.41, 5.74) is 0.416. The molecule has 0 saturated heterocycles. The van der Waals surface area contributed by atoms with E-state index in [-0.39, 0.29) is 18.0 Å². The average molecular weight is 281 g/mol. The molecular formula is C16H24FNO2. The molecule has 2 N–H and O–H groups in total. The fraction of sp³-hybridized carbons (Fsp3) is 0.625. The maximum Gasteiger partial charge on any atom is 0.123 e. The molecule has 2 rings (SSSR count). The van der Waals surface area contributed by atoms with E-state index in [9.17, 15) is 9.50 Å². The maximum atomic E-state index is 13.1. The molecule has 1 atom stereocenters. The molecule has 3 nitrogen and oxygen atoms in total. The molecule has 1 saturated carbocycles. The van der Waals surface area contributed by atoms with Gasteiger partial charge in [-0.25, -0.2) is 4.39 Å². The lowest BCUT2D eigenvalue weighted by atomic mass is 9.95. The maximum absolute atomic E-state index is 13.1. The molecular weight excluding hydrogens is 257 g/mol. The molecule has 20 heavy (non-hydrogen) atoms. The Labute approximate surface area is 120 Å². The van der Waals surface area contributed by atoms with Crippen LogP contribution >= 0.6 is 0 Å². The topological polar surface area (TPSA) is 41.5 Å². The summed E-state index contributed by atoms with van der Waals surface area (Å²) in [6.07, 6.45) is 3.27. The van der Waals surface area contributed by atoms with E-state index in [1.54, 1.807) is 6.07 Å². The van der Waals surface area contributed by atoms with Crippen LogP contribution in [-0.4, -0.2) is 30.4 Å². The molecule has 1 unspecified atom stereocenters. The molecule has 0 aliphatic heterocycles. The van der Waals surface area contributed by atoms with Gasteiger partial charge in [-0.2, -0.15) is 0 Å². The highest BCUT2D eigenvalue weighted by atomic mass is 19.1. The lowest BCUT2D eigenvalue weighted by Gasteiger charge is -2.33. The first-order chi connectivity index (χ1) is 9.61. The summed E-state index contributed by atoms with van der Waals surface area (Å²) in [5.74, 6) is 0.901. The molecule has 0 aromatic heterocycles. The number of rotatable bonds is 8. The molecule has 1 aliphatic rings. The number of hydrogen-bond acceptors (Lipinski definition) is 3. The number of aliphatic hydroxyl groups excluding tert-OH is 1. The first kappa shape index (κ1) is 15.3. The summed E-state index contributed by atoms with van der Waals surface area (Å²) < 4.78 is 18.9. The van der Waals surface area contributed by atoms with Crippen LogP contribution in [0.2, 0.25) is 0 Å². The van der Waals surface area contributed by atoms with Crippen molar-refractivity contribution in [3.8, 4) is 5.75 Å². The molecule has 1 aliphatic carbocycles. The van der Waals surface area contributed by atoms with Crippen LogP contribution in [0, 0.1) is 18.7 Å². The Hall–Kier alpha value is -1.13. The summed E-state index contributed by atoms with van der Waals surface area (Å²) in [4.78, 5) is 0. The van der Waals surface area contributed by atoms with Crippen LogP contribution in [0.5, 0.6) is 5.75 Å². The van der Waals surface area contributed by atoms with Gasteiger partial charge < -0.3 is 15.2 Å². The zero-order valence-corrected chi connectivity index (χ0v) is 12.3. The SMILES string of the molecule is CCCNC(CO)(COc1ccc(F)cc1C)C1CC1. The molecule has 0 spiro atoms. The number of ether oxygens (including phenoxy) is 1. The van der Waals surface area contributed by atoms with Crippen molar-refractivity contribution in [3.63, 3.8) is 0 Å². The quantitative estimate of drug-likeness (QED) is 0.769. The van der Waals surface area contributed by atoms with Gasteiger partial charge in [-0.3, -0.25) is 0 Å². The highest BCUT2D eigenvalue weighted by Crippen LogP contribution is 2.40. The highest BCUT2D eigenvalue weighted by molar-refractivity contribution is 5.32. The third-order valence-electron chi connectivity index (χ3n) is 3.99. The van der Waals surface area contributed by atoms with E-state index in [4.69, 9.17) is 4.74 Å². The van der Waals surface area contributed by atoms with Gasteiger partial charge in [0.25, 0.3) is 0 Å². The monoisotopic (exact) mass is 281 g/mol. The van der Waals surface area contributed by atoms with Gasteiger partial charge in [-0.15, -0.1) is 0 Å². The number of benzene rings is 1. The van der Waals surface area contributed by atoms with Crippen molar-refractivity contribution >= 4 is 0 Å². The largest absolute Gasteiger partial charge is 0.491 e. The molecule has 1 fully saturated rings. The smallest absolute Gasteiger partial charge is 0.123 e. The van der Waals surface area contributed by atoms with Gasteiger partial charge in [-0.1, -0.05) is 6.92 Å². The number of aliphatic hydroxyl groups is 1. The third kappa shape index (κ3) is 3.49. The van der Waals surface area contributed by atoms with E-state index in [2.05, 4.69) is 12.2 Å². The van der Waals surface area contributed by atoms with E-state index < -0.39 is 0 Å². The number of aryl methyl sites for hydroxylation is 1. The Bertz CT molecular complexity index is 448. The standard InChI is InChI=1S/C16H24FNO2/c1-3-8-18-16(10-19,13-4-5-13)11-20-15-7-6-14(17)9-12(15)2/h6-7,9,13,18-19H,3-5,8,10-11H2,1-2H3. The van der Waals surface area contributed by atoms with Crippen LogP contribution in [-0.2, 0) is 0 Å². The van der Waals surface area contributed by atoms with Gasteiger partial charge in [-0.05, 0) is 62.4 Å². The lowest BCUT2D eigenvalue weighted by molar-refractivity contribution is 0.0847. The van der Waals surface area contributed by atoms with Crippen molar-refractivity contribution in [2.24, 2.45) is 5.92 Å². The lowest BCUT2D eigenvalue weighted by Crippen LogP contribution is -2.55. The minimum atomic E-state index is -0.364. The van der Waals surface area contributed by atoms with Crippen molar-refractivity contribution in [1.29, 1.82) is 0 Å². The fourth-order valence-corrected chi connectivity index (χ4v) is 2.54. The Morgan fingerprint density at radius 1 is 1.45 bits per heavy atom. The zero-order valence-electron chi connectivity index (χ0n) is 12.3. The molecule has 0 bridgehead atoms. The van der Waals surface area contributed by atoms with Crippen LogP contribution in [0.1, 0.15) is 31.7 Å². The van der Waals surface area contributed by atoms with Crippen molar-refractivity contribution in [1.82, 2.24) is 5.32 Å². The number of hydrogen-bond donors (Lipinski definition) is 2. The summed E-state index contributed by atoms with van der Waals surface area (Å²) in [7, 11) is 0. The van der Waals surface area contributed by atoms with Crippen LogP contribution in [0.15, 0.2) is 18.2 Å². The molecule has 1 aromatic carbocycles. The van der Waals surface area contributed by atoms with E-state index in [1.807, 2.05) is 6.92 Å². The van der Waals surface area contributed by atoms with Crippen LogP contribution in [0.4, 0.5) is 4.39 Å². The fourth-order valence-electron chi connectivity index (χ4n) is 2.54. The normalized spacial score (nSPS) is 17.8. The summed E-state index contributed by atoms with van der Waals surface area (Å²) in [5, 5.41) is 13.2. The second kappa shape index (κ2) is 6.55. The molecule has 0 heterocycles. The molecule has 112 valence electrons. The van der Waals surface area contributed by atoms with Crippen LogP contribution < -0.4 is 10.1 Å². The third-order valence-corrected chi connectivity index (χ3v) is 3.99. The Balaban J connectivity index is 2.04. The van der Waals surface area contributed by atoms with E-state index in [0.29, 0.717) is 18.3 Å². The van der Waals surface area contributed by atoms with E-state index in [0.717, 1.165) is 31.4 Å². The average Bonchev–Trinajstić information content (AvgIpc) is 3.26. The summed E-state index contributed by atoms with van der Waals surface area (Å²) >= 11 is 0. The van der Waals surface area contributed by atoms with Gasteiger partial charge in [0.1, 0.15) is 18.2 Å². The van der Waals surface area contributed by atoms with E-state index in [1.165, 1.54) is 12.1 Å². The van der Waals surface area contributed by atoms with Gasteiger partial charge in [0.2, 0.25) is 0 Å². The summed E-state index contributed by atoms with van der Waals surface area (Å²) in [6.45, 7) is 5.28.